The molecule has 2 aliphatic rings. The molecule has 114 valence electrons. The second kappa shape index (κ2) is 5.80. The first-order chi connectivity index (χ1) is 10.1. The van der Waals surface area contributed by atoms with Crippen LogP contribution in [0.1, 0.15) is 38.7 Å². The van der Waals surface area contributed by atoms with E-state index in [0.717, 1.165) is 19.6 Å². The summed E-state index contributed by atoms with van der Waals surface area (Å²) in [5.41, 5.74) is 1.38. The largest absolute Gasteiger partial charge is 0.351 e. The highest BCUT2D eigenvalue weighted by molar-refractivity contribution is 5.74. The topological polar surface area (TPSA) is 32.3 Å². The van der Waals surface area contributed by atoms with Crippen molar-refractivity contribution in [2.75, 3.05) is 13.1 Å². The Morgan fingerprint density at radius 1 is 1.24 bits per heavy atom. The summed E-state index contributed by atoms with van der Waals surface area (Å²) in [5, 5.41) is 3.28. The SMILES string of the molecule is CC(=O)NC1(C)[C@@H]2CCC[C@H]1CN(Cc1ccccc1)C2. The van der Waals surface area contributed by atoms with Crippen LogP contribution in [-0.2, 0) is 11.3 Å². The minimum absolute atomic E-state index is 0.00271. The number of benzene rings is 1. The number of carbonyl (C=O) groups excluding carboxylic acids is 1. The normalized spacial score (nSPS) is 32.7. The third kappa shape index (κ3) is 2.98. The number of likely N-dealkylation sites (tertiary alicyclic amines) is 1. The van der Waals surface area contributed by atoms with Gasteiger partial charge in [0.2, 0.25) is 5.91 Å². The van der Waals surface area contributed by atoms with E-state index in [1.54, 1.807) is 6.92 Å². The Hall–Kier alpha value is -1.35. The van der Waals surface area contributed by atoms with Crippen LogP contribution in [0.5, 0.6) is 0 Å². The molecule has 0 aromatic heterocycles. The van der Waals surface area contributed by atoms with Crippen molar-refractivity contribution in [3.05, 3.63) is 35.9 Å². The molecule has 1 aliphatic heterocycles. The standard InChI is InChI=1S/C18H26N2O/c1-14(21)19-18(2)16-9-6-10-17(18)13-20(12-16)11-15-7-4-3-5-8-15/h3-5,7-8,16-17H,6,9-13H2,1-2H3,(H,19,21)/t16-,17+,18?. The molecular formula is C18H26N2O. The fraction of sp³-hybridized carbons (Fsp3) is 0.611. The number of carbonyl (C=O) groups is 1. The van der Waals surface area contributed by atoms with Crippen molar-refractivity contribution in [1.29, 1.82) is 0 Å². The van der Waals surface area contributed by atoms with Gasteiger partial charge in [-0.3, -0.25) is 9.69 Å². The molecule has 1 saturated heterocycles. The number of amides is 1. The molecule has 0 spiro atoms. The molecule has 1 amide bonds. The lowest BCUT2D eigenvalue weighted by molar-refractivity contribution is -0.125. The molecule has 21 heavy (non-hydrogen) atoms. The summed E-state index contributed by atoms with van der Waals surface area (Å²) in [6, 6.07) is 10.7. The van der Waals surface area contributed by atoms with E-state index < -0.39 is 0 Å². The maximum absolute atomic E-state index is 11.6. The van der Waals surface area contributed by atoms with Gasteiger partial charge in [0.05, 0.1) is 0 Å². The van der Waals surface area contributed by atoms with Gasteiger partial charge in [-0.25, -0.2) is 0 Å². The van der Waals surface area contributed by atoms with Crippen molar-refractivity contribution in [2.24, 2.45) is 11.8 Å². The number of hydrogen-bond acceptors (Lipinski definition) is 2. The molecule has 1 aliphatic carbocycles. The summed E-state index contributed by atoms with van der Waals surface area (Å²) >= 11 is 0. The molecule has 3 heteroatoms. The molecule has 1 aromatic carbocycles. The molecular weight excluding hydrogens is 260 g/mol. The lowest BCUT2D eigenvalue weighted by Crippen LogP contribution is -2.65. The monoisotopic (exact) mass is 286 g/mol. The van der Waals surface area contributed by atoms with Gasteiger partial charge in [0, 0.05) is 32.1 Å². The molecule has 1 N–H and O–H groups in total. The average Bonchev–Trinajstić information content (AvgIpc) is 2.40. The number of hydrogen-bond donors (Lipinski definition) is 1. The first-order valence-electron chi connectivity index (χ1n) is 8.13. The van der Waals surface area contributed by atoms with Crippen LogP contribution in [0.4, 0.5) is 0 Å². The molecule has 3 atom stereocenters. The van der Waals surface area contributed by atoms with Crippen molar-refractivity contribution >= 4 is 5.91 Å². The van der Waals surface area contributed by atoms with Gasteiger partial charge in [-0.1, -0.05) is 36.8 Å². The molecule has 3 rings (SSSR count). The van der Waals surface area contributed by atoms with Gasteiger partial charge in [-0.15, -0.1) is 0 Å². The summed E-state index contributed by atoms with van der Waals surface area (Å²) in [7, 11) is 0. The fourth-order valence-corrected chi connectivity index (χ4v) is 4.36. The Labute approximate surface area is 127 Å². The maximum atomic E-state index is 11.6. The lowest BCUT2D eigenvalue weighted by Gasteiger charge is -2.54. The van der Waals surface area contributed by atoms with Gasteiger partial charge in [-0.2, -0.15) is 0 Å². The van der Waals surface area contributed by atoms with Gasteiger partial charge >= 0.3 is 0 Å². The molecule has 2 fully saturated rings. The van der Waals surface area contributed by atoms with Crippen LogP contribution in [0.25, 0.3) is 0 Å². The van der Waals surface area contributed by atoms with Crippen LogP contribution >= 0.6 is 0 Å². The van der Waals surface area contributed by atoms with Gasteiger partial charge in [-0.05, 0) is 37.2 Å². The Morgan fingerprint density at radius 2 is 1.86 bits per heavy atom. The molecule has 1 heterocycles. The summed E-state index contributed by atoms with van der Waals surface area (Å²) in [5.74, 6) is 1.28. The molecule has 1 aromatic rings. The Bertz CT molecular complexity index is 485. The Balaban J connectivity index is 1.72. The van der Waals surface area contributed by atoms with Gasteiger partial charge < -0.3 is 5.32 Å². The van der Waals surface area contributed by atoms with Crippen LogP contribution in [-0.4, -0.2) is 29.4 Å². The fourth-order valence-electron chi connectivity index (χ4n) is 4.36. The zero-order valence-corrected chi connectivity index (χ0v) is 13.1. The summed E-state index contributed by atoms with van der Waals surface area (Å²) in [6.07, 6.45) is 3.78. The highest BCUT2D eigenvalue weighted by atomic mass is 16.1. The van der Waals surface area contributed by atoms with E-state index in [0.29, 0.717) is 11.8 Å². The molecule has 3 nitrogen and oxygen atoms in total. The van der Waals surface area contributed by atoms with Crippen LogP contribution in [0, 0.1) is 11.8 Å². The highest BCUT2D eigenvalue weighted by Gasteiger charge is 2.48. The third-order valence-corrected chi connectivity index (χ3v) is 5.45. The van der Waals surface area contributed by atoms with Crippen LogP contribution in [0.2, 0.25) is 0 Å². The quantitative estimate of drug-likeness (QED) is 0.926. The van der Waals surface area contributed by atoms with E-state index in [1.165, 1.54) is 24.8 Å². The number of rotatable bonds is 3. The van der Waals surface area contributed by atoms with E-state index in [1.807, 2.05) is 0 Å². The van der Waals surface area contributed by atoms with E-state index in [9.17, 15) is 4.79 Å². The molecule has 0 radical (unpaired) electrons. The average molecular weight is 286 g/mol. The zero-order valence-electron chi connectivity index (χ0n) is 13.1. The van der Waals surface area contributed by atoms with E-state index in [4.69, 9.17) is 0 Å². The summed E-state index contributed by atoms with van der Waals surface area (Å²) in [4.78, 5) is 14.2. The molecule has 1 saturated carbocycles. The van der Waals surface area contributed by atoms with Gasteiger partial charge in [0.25, 0.3) is 0 Å². The van der Waals surface area contributed by atoms with Crippen molar-refractivity contribution in [3.8, 4) is 0 Å². The number of fused-ring (bicyclic) bond motifs is 2. The van der Waals surface area contributed by atoms with E-state index in [2.05, 4.69) is 47.5 Å². The maximum Gasteiger partial charge on any atom is 0.217 e. The van der Waals surface area contributed by atoms with E-state index in [-0.39, 0.29) is 11.4 Å². The molecule has 1 unspecified atom stereocenters. The zero-order chi connectivity index (χ0) is 14.9. The van der Waals surface area contributed by atoms with E-state index >= 15 is 0 Å². The Kier molecular flexibility index (Phi) is 4.03. The first kappa shape index (κ1) is 14.6. The number of nitrogens with one attached hydrogen (secondary N) is 1. The van der Waals surface area contributed by atoms with Crippen molar-refractivity contribution in [3.63, 3.8) is 0 Å². The summed E-state index contributed by atoms with van der Waals surface area (Å²) < 4.78 is 0. The Morgan fingerprint density at radius 3 is 2.43 bits per heavy atom. The van der Waals surface area contributed by atoms with Crippen LogP contribution < -0.4 is 5.32 Å². The minimum atomic E-state index is -0.00271. The van der Waals surface area contributed by atoms with Gasteiger partial charge in [0.15, 0.2) is 0 Å². The predicted octanol–water partition coefficient (Wildman–Crippen LogP) is 2.81. The second-order valence-electron chi connectivity index (χ2n) is 6.97. The highest BCUT2D eigenvalue weighted by Crippen LogP contribution is 2.42. The minimum Gasteiger partial charge on any atom is -0.351 e. The van der Waals surface area contributed by atoms with Crippen molar-refractivity contribution in [1.82, 2.24) is 10.2 Å². The molecule has 2 bridgehead atoms. The number of piperidine rings is 1. The lowest BCUT2D eigenvalue weighted by atomic mass is 9.64. The van der Waals surface area contributed by atoms with Crippen LogP contribution in [0.15, 0.2) is 30.3 Å². The third-order valence-electron chi connectivity index (χ3n) is 5.45. The van der Waals surface area contributed by atoms with Crippen molar-refractivity contribution in [2.45, 2.75) is 45.2 Å². The summed E-state index contributed by atoms with van der Waals surface area (Å²) in [6.45, 7) is 7.15. The smallest absolute Gasteiger partial charge is 0.217 e. The predicted molar refractivity (Wildman–Crippen MR) is 84.8 cm³/mol. The van der Waals surface area contributed by atoms with Crippen molar-refractivity contribution < 1.29 is 4.79 Å². The first-order valence-corrected chi connectivity index (χ1v) is 8.13. The number of nitrogens with zero attached hydrogens (tertiary/aromatic N) is 1. The van der Waals surface area contributed by atoms with Gasteiger partial charge in [0.1, 0.15) is 0 Å². The second-order valence-corrected chi connectivity index (χ2v) is 6.97. The van der Waals surface area contributed by atoms with Crippen LogP contribution in [0.3, 0.4) is 0 Å².